The molecule has 1 amide bonds. The normalized spacial score (nSPS) is 15.8. The molecule has 1 aliphatic heterocycles. The van der Waals surface area contributed by atoms with Crippen LogP contribution in [0.15, 0.2) is 36.9 Å². The summed E-state index contributed by atoms with van der Waals surface area (Å²) >= 11 is 1.86. The van der Waals surface area contributed by atoms with Crippen LogP contribution in [0.2, 0.25) is 0 Å². The van der Waals surface area contributed by atoms with Gasteiger partial charge in [-0.2, -0.15) is 11.8 Å². The average Bonchev–Trinajstić information content (AvgIpc) is 3.14. The first kappa shape index (κ1) is 16.0. The number of rotatable bonds is 5. The smallest absolute Gasteiger partial charge is 0.254 e. The van der Waals surface area contributed by atoms with Gasteiger partial charge in [-0.05, 0) is 24.5 Å². The van der Waals surface area contributed by atoms with Crippen LogP contribution in [-0.4, -0.2) is 75.2 Å². The Balaban J connectivity index is 1.64. The Morgan fingerprint density at radius 3 is 2.61 bits per heavy atom. The molecule has 0 saturated carbocycles. The van der Waals surface area contributed by atoms with Crippen LogP contribution in [-0.2, 0) is 0 Å². The fourth-order valence-corrected chi connectivity index (χ4v) is 3.15. The minimum atomic E-state index is 0.101. The molecule has 1 aliphatic rings. The molecule has 0 atom stereocenters. The minimum absolute atomic E-state index is 0.101. The largest absolute Gasteiger partial charge is 0.336 e. The van der Waals surface area contributed by atoms with E-state index in [1.165, 1.54) is 0 Å². The Labute approximate surface area is 140 Å². The Hall–Kier alpha value is -1.86. The molecule has 23 heavy (non-hydrogen) atoms. The van der Waals surface area contributed by atoms with Gasteiger partial charge in [-0.15, -0.1) is 10.2 Å². The predicted octanol–water partition coefficient (Wildman–Crippen LogP) is 1.39. The maximum atomic E-state index is 12.7. The van der Waals surface area contributed by atoms with Crippen LogP contribution < -0.4 is 0 Å². The van der Waals surface area contributed by atoms with E-state index < -0.39 is 0 Å². The molecule has 3 rings (SSSR count). The summed E-state index contributed by atoms with van der Waals surface area (Å²) in [5, 5.41) is 7.61. The molecule has 7 heteroatoms. The first-order chi connectivity index (χ1) is 11.3. The monoisotopic (exact) mass is 331 g/mol. The van der Waals surface area contributed by atoms with Crippen LogP contribution in [0.1, 0.15) is 10.4 Å². The number of thioether (sulfide) groups is 1. The molecule has 1 aromatic carbocycles. The van der Waals surface area contributed by atoms with E-state index in [9.17, 15) is 4.79 Å². The molecule has 0 spiro atoms. The van der Waals surface area contributed by atoms with Gasteiger partial charge < -0.3 is 4.90 Å². The highest BCUT2D eigenvalue weighted by atomic mass is 32.2. The summed E-state index contributed by atoms with van der Waals surface area (Å²) < 4.78 is 1.80. The molecular weight excluding hydrogens is 310 g/mol. The first-order valence-corrected chi connectivity index (χ1v) is 9.13. The number of amides is 1. The van der Waals surface area contributed by atoms with Gasteiger partial charge in [-0.25, -0.2) is 0 Å². The Morgan fingerprint density at radius 1 is 1.17 bits per heavy atom. The van der Waals surface area contributed by atoms with Crippen molar-refractivity contribution < 1.29 is 4.79 Å². The summed E-state index contributed by atoms with van der Waals surface area (Å²) in [5.74, 6) is 1.25. The number of aromatic nitrogens is 3. The number of nitrogens with zero attached hydrogens (tertiary/aromatic N) is 5. The lowest BCUT2D eigenvalue weighted by molar-refractivity contribution is 0.0644. The van der Waals surface area contributed by atoms with Gasteiger partial charge in [0, 0.05) is 49.7 Å². The second kappa shape index (κ2) is 7.61. The zero-order chi connectivity index (χ0) is 16.1. The molecule has 1 saturated heterocycles. The second-order valence-corrected chi connectivity index (χ2v) is 6.53. The van der Waals surface area contributed by atoms with Gasteiger partial charge >= 0.3 is 0 Å². The van der Waals surface area contributed by atoms with Crippen molar-refractivity contribution in [2.45, 2.75) is 0 Å². The summed E-state index contributed by atoms with van der Waals surface area (Å²) in [6.07, 6.45) is 5.39. The molecule has 122 valence electrons. The number of carbonyl (C=O) groups excluding carboxylic acids is 1. The van der Waals surface area contributed by atoms with E-state index in [0.29, 0.717) is 5.56 Å². The molecule has 0 unspecified atom stereocenters. The lowest BCUT2D eigenvalue weighted by Gasteiger charge is -2.34. The van der Waals surface area contributed by atoms with Crippen molar-refractivity contribution >= 4 is 17.7 Å². The predicted molar refractivity (Wildman–Crippen MR) is 92.1 cm³/mol. The number of benzene rings is 1. The number of piperazine rings is 1. The van der Waals surface area contributed by atoms with Crippen molar-refractivity contribution in [2.75, 3.05) is 44.7 Å². The van der Waals surface area contributed by atoms with E-state index in [4.69, 9.17) is 0 Å². The average molecular weight is 331 g/mol. The van der Waals surface area contributed by atoms with Crippen LogP contribution in [0.3, 0.4) is 0 Å². The van der Waals surface area contributed by atoms with Crippen molar-refractivity contribution in [3.05, 3.63) is 42.5 Å². The lowest BCUT2D eigenvalue weighted by atomic mass is 10.1. The van der Waals surface area contributed by atoms with Crippen molar-refractivity contribution in [3.63, 3.8) is 0 Å². The molecule has 2 heterocycles. The third-order valence-corrected chi connectivity index (χ3v) is 4.67. The van der Waals surface area contributed by atoms with Gasteiger partial charge in [0.1, 0.15) is 12.7 Å². The van der Waals surface area contributed by atoms with Gasteiger partial charge in [0.05, 0.1) is 0 Å². The standard InChI is InChI=1S/C16H21N5OS/c1-23-10-9-19-5-7-20(8-6-19)16(22)14-3-2-4-15(11-14)21-12-17-18-13-21/h2-4,11-13H,5-10H2,1H3. The van der Waals surface area contributed by atoms with Gasteiger partial charge in [0.2, 0.25) is 0 Å². The van der Waals surface area contributed by atoms with E-state index in [0.717, 1.165) is 44.2 Å². The second-order valence-electron chi connectivity index (χ2n) is 5.55. The van der Waals surface area contributed by atoms with Crippen LogP contribution in [0, 0.1) is 0 Å². The molecule has 0 bridgehead atoms. The summed E-state index contributed by atoms with van der Waals surface area (Å²) in [6.45, 7) is 4.61. The van der Waals surface area contributed by atoms with E-state index in [1.54, 1.807) is 17.2 Å². The Bertz CT molecular complexity index is 638. The van der Waals surface area contributed by atoms with Crippen LogP contribution >= 0.6 is 11.8 Å². The summed E-state index contributed by atoms with van der Waals surface area (Å²) in [4.78, 5) is 17.1. The van der Waals surface area contributed by atoms with Crippen molar-refractivity contribution in [3.8, 4) is 5.69 Å². The fourth-order valence-electron chi connectivity index (χ4n) is 2.71. The van der Waals surface area contributed by atoms with E-state index in [2.05, 4.69) is 21.4 Å². The first-order valence-electron chi connectivity index (χ1n) is 7.73. The Morgan fingerprint density at radius 2 is 1.91 bits per heavy atom. The lowest BCUT2D eigenvalue weighted by Crippen LogP contribution is -2.49. The third-order valence-electron chi connectivity index (χ3n) is 4.08. The highest BCUT2D eigenvalue weighted by Crippen LogP contribution is 2.13. The molecule has 0 N–H and O–H groups in total. The number of hydrogen-bond acceptors (Lipinski definition) is 5. The molecule has 1 aromatic heterocycles. The maximum absolute atomic E-state index is 12.7. The van der Waals surface area contributed by atoms with E-state index in [1.807, 2.05) is 40.9 Å². The molecule has 0 radical (unpaired) electrons. The highest BCUT2D eigenvalue weighted by Gasteiger charge is 2.22. The molecule has 0 aliphatic carbocycles. The summed E-state index contributed by atoms with van der Waals surface area (Å²) in [5.41, 5.74) is 1.62. The van der Waals surface area contributed by atoms with Gasteiger partial charge in [0.25, 0.3) is 5.91 Å². The third kappa shape index (κ3) is 3.92. The van der Waals surface area contributed by atoms with Crippen molar-refractivity contribution in [2.24, 2.45) is 0 Å². The molecular formula is C16H21N5OS. The van der Waals surface area contributed by atoms with Gasteiger partial charge in [-0.1, -0.05) is 6.07 Å². The SMILES string of the molecule is CSCCN1CCN(C(=O)c2cccc(-n3cnnc3)c2)CC1. The topological polar surface area (TPSA) is 54.3 Å². The fraction of sp³-hybridized carbons (Fsp3) is 0.438. The zero-order valence-electron chi connectivity index (χ0n) is 13.3. The van der Waals surface area contributed by atoms with Crippen molar-refractivity contribution in [1.29, 1.82) is 0 Å². The molecule has 2 aromatic rings. The van der Waals surface area contributed by atoms with Crippen LogP contribution in [0.4, 0.5) is 0 Å². The maximum Gasteiger partial charge on any atom is 0.254 e. The summed E-state index contributed by atoms with van der Waals surface area (Å²) in [6, 6.07) is 7.61. The zero-order valence-corrected chi connectivity index (χ0v) is 14.1. The quantitative estimate of drug-likeness (QED) is 0.829. The number of carbonyl (C=O) groups is 1. The highest BCUT2D eigenvalue weighted by molar-refractivity contribution is 7.98. The van der Waals surface area contributed by atoms with Gasteiger partial charge in [-0.3, -0.25) is 14.3 Å². The number of hydrogen-bond donors (Lipinski definition) is 0. The van der Waals surface area contributed by atoms with Crippen molar-refractivity contribution in [1.82, 2.24) is 24.6 Å². The molecule has 1 fully saturated rings. The van der Waals surface area contributed by atoms with Crippen LogP contribution in [0.25, 0.3) is 5.69 Å². The Kier molecular flexibility index (Phi) is 5.30. The van der Waals surface area contributed by atoms with Crippen LogP contribution in [0.5, 0.6) is 0 Å². The van der Waals surface area contributed by atoms with E-state index >= 15 is 0 Å². The molecule has 6 nitrogen and oxygen atoms in total. The van der Waals surface area contributed by atoms with E-state index in [-0.39, 0.29) is 5.91 Å². The van der Waals surface area contributed by atoms with Gasteiger partial charge in [0.15, 0.2) is 0 Å². The minimum Gasteiger partial charge on any atom is -0.336 e. The summed E-state index contributed by atoms with van der Waals surface area (Å²) in [7, 11) is 0.